The Morgan fingerprint density at radius 3 is 1.86 bits per heavy atom. The van der Waals surface area contributed by atoms with Crippen molar-refractivity contribution in [3.05, 3.63) is 38.3 Å². The molecule has 2 saturated carbocycles. The van der Waals surface area contributed by atoms with E-state index in [4.69, 9.17) is 0 Å². The number of aromatic hydroxyl groups is 2. The van der Waals surface area contributed by atoms with Crippen LogP contribution in [0.4, 0.5) is 0 Å². The molecule has 0 saturated heterocycles. The zero-order chi connectivity index (χ0) is 15.2. The van der Waals surface area contributed by atoms with Gasteiger partial charge >= 0.3 is 0 Å². The van der Waals surface area contributed by atoms with E-state index in [-0.39, 0.29) is 11.8 Å². The fraction of sp³-hybridized carbons (Fsp3) is 0.412. The summed E-state index contributed by atoms with van der Waals surface area (Å²) in [5.41, 5.74) is 2.81. The number of hydrogen-bond acceptors (Lipinski definition) is 2. The first-order valence-electron chi connectivity index (χ1n) is 7.69. The van der Waals surface area contributed by atoms with E-state index < -0.39 is 0 Å². The number of benzene rings is 1. The van der Waals surface area contributed by atoms with Crippen molar-refractivity contribution >= 4 is 31.9 Å². The van der Waals surface area contributed by atoms with Crippen molar-refractivity contribution in [3.63, 3.8) is 0 Å². The van der Waals surface area contributed by atoms with Crippen LogP contribution in [0.2, 0.25) is 0 Å². The van der Waals surface area contributed by atoms with Gasteiger partial charge in [0, 0.05) is 20.1 Å². The lowest BCUT2D eigenvalue weighted by Crippen LogP contribution is -2.22. The summed E-state index contributed by atoms with van der Waals surface area (Å²) in [6.45, 7) is 0. The molecule has 2 fully saturated rings. The lowest BCUT2D eigenvalue weighted by atomic mass is 9.68. The van der Waals surface area contributed by atoms with Crippen LogP contribution in [0.15, 0.2) is 27.1 Å². The second kappa shape index (κ2) is 4.32. The molecule has 2 bridgehead atoms. The van der Waals surface area contributed by atoms with Gasteiger partial charge in [0.2, 0.25) is 11.8 Å². The van der Waals surface area contributed by atoms with Gasteiger partial charge in [-0.1, -0.05) is 31.9 Å². The van der Waals surface area contributed by atoms with Gasteiger partial charge in [-0.15, -0.1) is 0 Å². The first kappa shape index (κ1) is 13.5. The summed E-state index contributed by atoms with van der Waals surface area (Å²) in [4.78, 5) is 0. The molecular weight excluding hydrogens is 410 g/mol. The summed E-state index contributed by atoms with van der Waals surface area (Å²) in [7, 11) is 0. The third kappa shape index (κ3) is 1.61. The van der Waals surface area contributed by atoms with E-state index in [1.807, 2.05) is 18.2 Å². The molecule has 5 heteroatoms. The van der Waals surface area contributed by atoms with Gasteiger partial charge in [0.15, 0.2) is 0 Å². The van der Waals surface area contributed by atoms with Crippen molar-refractivity contribution in [1.82, 2.24) is 4.57 Å². The standard InChI is InChI=1S/C17H15Br2NO2/c18-7-3-8(19)5-9(4-7)20-16(21)14-10-1-2-11(13-6-12(10)13)15(14)17(20)22/h3-5,10-13,21-22H,1-2,6H2/t10-,11+,12+,13-. The Labute approximate surface area is 145 Å². The van der Waals surface area contributed by atoms with Crippen molar-refractivity contribution in [2.24, 2.45) is 11.8 Å². The summed E-state index contributed by atoms with van der Waals surface area (Å²) in [5.74, 6) is 2.82. The van der Waals surface area contributed by atoms with E-state index in [1.165, 1.54) is 6.42 Å². The molecule has 22 heavy (non-hydrogen) atoms. The molecule has 4 atom stereocenters. The molecule has 6 rings (SSSR count). The van der Waals surface area contributed by atoms with Crippen LogP contribution in [0.1, 0.15) is 42.2 Å². The van der Waals surface area contributed by atoms with Crippen molar-refractivity contribution in [2.45, 2.75) is 31.1 Å². The van der Waals surface area contributed by atoms with Crippen molar-refractivity contribution < 1.29 is 10.2 Å². The van der Waals surface area contributed by atoms with Crippen LogP contribution < -0.4 is 0 Å². The van der Waals surface area contributed by atoms with Crippen LogP contribution in [-0.4, -0.2) is 14.8 Å². The van der Waals surface area contributed by atoms with Gasteiger partial charge < -0.3 is 10.2 Å². The topological polar surface area (TPSA) is 45.4 Å². The van der Waals surface area contributed by atoms with Gasteiger partial charge in [0.1, 0.15) is 0 Å². The molecule has 2 N–H and O–H groups in total. The Kier molecular flexibility index (Phi) is 2.65. The Hall–Kier alpha value is -0.940. The van der Waals surface area contributed by atoms with Crippen molar-refractivity contribution in [3.8, 4) is 17.4 Å². The van der Waals surface area contributed by atoms with Crippen molar-refractivity contribution in [1.29, 1.82) is 0 Å². The predicted molar refractivity (Wildman–Crippen MR) is 90.8 cm³/mol. The van der Waals surface area contributed by atoms with Gasteiger partial charge in [-0.3, -0.25) is 4.57 Å². The third-order valence-electron chi connectivity index (χ3n) is 5.76. The Bertz CT molecular complexity index is 754. The number of rotatable bonds is 1. The largest absolute Gasteiger partial charge is 0.494 e. The predicted octanol–water partition coefficient (Wildman–Crippen LogP) is 5.02. The molecule has 0 radical (unpaired) electrons. The molecule has 3 nitrogen and oxygen atoms in total. The minimum absolute atomic E-state index is 0.234. The normalized spacial score (nSPS) is 31.0. The SMILES string of the molecule is Oc1c2c(c(O)n1-c1cc(Br)cc(Br)c1)[C@@H]1CC[C@H]2[C@H]2C[C@H]21. The molecule has 4 aliphatic rings. The Morgan fingerprint density at radius 1 is 0.864 bits per heavy atom. The molecule has 2 aromatic rings. The van der Waals surface area contributed by atoms with Crippen LogP contribution in [0.25, 0.3) is 5.69 Å². The minimum Gasteiger partial charge on any atom is -0.494 e. The van der Waals surface area contributed by atoms with Gasteiger partial charge in [-0.2, -0.15) is 0 Å². The summed E-state index contributed by atoms with van der Waals surface area (Å²) in [6.07, 6.45) is 3.57. The maximum Gasteiger partial charge on any atom is 0.202 e. The first-order valence-corrected chi connectivity index (χ1v) is 9.27. The zero-order valence-corrected chi connectivity index (χ0v) is 14.9. The van der Waals surface area contributed by atoms with E-state index in [0.29, 0.717) is 11.8 Å². The molecule has 4 aliphatic carbocycles. The highest BCUT2D eigenvalue weighted by atomic mass is 79.9. The van der Waals surface area contributed by atoms with E-state index in [0.717, 1.165) is 50.4 Å². The Morgan fingerprint density at radius 2 is 1.36 bits per heavy atom. The molecule has 0 spiro atoms. The fourth-order valence-corrected chi connectivity index (χ4v) is 6.16. The first-order chi connectivity index (χ1) is 10.6. The van der Waals surface area contributed by atoms with Crippen LogP contribution in [0, 0.1) is 11.8 Å². The summed E-state index contributed by atoms with van der Waals surface area (Å²) < 4.78 is 3.43. The number of halogens is 2. The monoisotopic (exact) mass is 423 g/mol. The highest BCUT2D eigenvalue weighted by molar-refractivity contribution is 9.11. The molecule has 114 valence electrons. The van der Waals surface area contributed by atoms with E-state index in [2.05, 4.69) is 31.9 Å². The molecule has 1 aromatic carbocycles. The van der Waals surface area contributed by atoms with Crippen LogP contribution in [0.5, 0.6) is 11.8 Å². The quantitative estimate of drug-likeness (QED) is 0.674. The number of fused-ring (bicyclic) bond motifs is 1. The van der Waals surface area contributed by atoms with Crippen LogP contribution in [-0.2, 0) is 0 Å². The van der Waals surface area contributed by atoms with Crippen LogP contribution >= 0.6 is 31.9 Å². The summed E-state index contributed by atoms with van der Waals surface area (Å²) >= 11 is 6.95. The van der Waals surface area contributed by atoms with Gasteiger partial charge in [0.05, 0.1) is 5.69 Å². The number of aromatic nitrogens is 1. The van der Waals surface area contributed by atoms with E-state index in [9.17, 15) is 10.2 Å². The summed E-state index contributed by atoms with van der Waals surface area (Å²) in [6, 6.07) is 5.77. The molecule has 1 aromatic heterocycles. The lowest BCUT2D eigenvalue weighted by Gasteiger charge is -2.35. The van der Waals surface area contributed by atoms with E-state index in [1.54, 1.807) is 4.57 Å². The van der Waals surface area contributed by atoms with Gasteiger partial charge in [0.25, 0.3) is 0 Å². The lowest BCUT2D eigenvalue weighted by molar-refractivity contribution is 0.322. The van der Waals surface area contributed by atoms with Gasteiger partial charge in [-0.05, 0) is 61.1 Å². The molecular formula is C17H15Br2NO2. The number of hydrogen-bond donors (Lipinski definition) is 2. The molecule has 0 amide bonds. The maximum absolute atomic E-state index is 10.8. The van der Waals surface area contributed by atoms with E-state index >= 15 is 0 Å². The third-order valence-corrected chi connectivity index (χ3v) is 6.67. The maximum atomic E-state index is 10.8. The summed E-state index contributed by atoms with van der Waals surface area (Å²) in [5, 5.41) is 21.6. The van der Waals surface area contributed by atoms with Crippen molar-refractivity contribution in [2.75, 3.05) is 0 Å². The minimum atomic E-state index is 0.234. The second-order valence-electron chi connectivity index (χ2n) is 6.79. The fourth-order valence-electron chi connectivity index (χ4n) is 4.89. The average Bonchev–Trinajstić information content (AvgIpc) is 3.23. The average molecular weight is 425 g/mol. The number of nitrogens with zero attached hydrogens (tertiary/aromatic N) is 1. The zero-order valence-electron chi connectivity index (χ0n) is 11.8. The second-order valence-corrected chi connectivity index (χ2v) is 8.62. The smallest absolute Gasteiger partial charge is 0.202 e. The highest BCUT2D eigenvalue weighted by Crippen LogP contribution is 2.70. The van der Waals surface area contributed by atoms with Crippen LogP contribution in [0.3, 0.4) is 0 Å². The molecule has 0 aliphatic heterocycles. The molecule has 1 heterocycles. The Balaban J connectivity index is 1.76. The molecule has 0 unspecified atom stereocenters. The highest BCUT2D eigenvalue weighted by Gasteiger charge is 2.58. The van der Waals surface area contributed by atoms with Gasteiger partial charge in [-0.25, -0.2) is 0 Å².